The van der Waals surface area contributed by atoms with Crippen LogP contribution in [0.4, 0.5) is 5.69 Å². The molecule has 0 radical (unpaired) electrons. The van der Waals surface area contributed by atoms with Gasteiger partial charge in [-0.2, -0.15) is 0 Å². The number of nitro groups is 1. The summed E-state index contributed by atoms with van der Waals surface area (Å²) in [6, 6.07) is 7.47. The van der Waals surface area contributed by atoms with Crippen molar-refractivity contribution in [2.45, 2.75) is 6.61 Å². The molecule has 0 bridgehead atoms. The second-order valence-electron chi connectivity index (χ2n) is 4.69. The van der Waals surface area contributed by atoms with E-state index in [1.165, 1.54) is 32.4 Å². The Balaban J connectivity index is 2.28. The van der Waals surface area contributed by atoms with Gasteiger partial charge >= 0.3 is 5.69 Å². The number of hydrogen-bond acceptors (Lipinski definition) is 6. The van der Waals surface area contributed by atoms with Crippen LogP contribution >= 0.6 is 15.9 Å². The van der Waals surface area contributed by atoms with E-state index >= 15 is 0 Å². The van der Waals surface area contributed by atoms with Crippen molar-refractivity contribution in [1.29, 1.82) is 0 Å². The first-order valence-electron chi connectivity index (χ1n) is 6.77. The minimum Gasteiger partial charge on any atom is -0.493 e. The van der Waals surface area contributed by atoms with Crippen LogP contribution < -0.4 is 14.2 Å². The van der Waals surface area contributed by atoms with Crippen molar-refractivity contribution < 1.29 is 23.9 Å². The van der Waals surface area contributed by atoms with E-state index in [1.807, 2.05) is 0 Å². The Kier molecular flexibility index (Phi) is 5.75. The Morgan fingerprint density at radius 2 is 1.79 bits per heavy atom. The highest BCUT2D eigenvalue weighted by Crippen LogP contribution is 2.35. The lowest BCUT2D eigenvalue weighted by Crippen LogP contribution is -2.02. The van der Waals surface area contributed by atoms with Gasteiger partial charge in [-0.05, 0) is 24.3 Å². The van der Waals surface area contributed by atoms with Crippen LogP contribution in [0.1, 0.15) is 15.9 Å². The Morgan fingerprint density at radius 3 is 2.38 bits per heavy atom. The Labute approximate surface area is 146 Å². The van der Waals surface area contributed by atoms with Gasteiger partial charge in [-0.25, -0.2) is 0 Å². The minimum atomic E-state index is -0.591. The van der Waals surface area contributed by atoms with Crippen molar-refractivity contribution >= 4 is 27.9 Å². The molecule has 0 heterocycles. The maximum Gasteiger partial charge on any atom is 0.311 e. The largest absolute Gasteiger partial charge is 0.493 e. The van der Waals surface area contributed by atoms with Gasteiger partial charge in [0.2, 0.25) is 0 Å². The molecule has 0 saturated carbocycles. The molecule has 0 aliphatic rings. The fourth-order valence-corrected chi connectivity index (χ4v) is 2.47. The van der Waals surface area contributed by atoms with E-state index in [-0.39, 0.29) is 23.6 Å². The Bertz CT molecular complexity index is 777. The van der Waals surface area contributed by atoms with Crippen LogP contribution in [0.25, 0.3) is 0 Å². The molecule has 0 N–H and O–H groups in total. The summed E-state index contributed by atoms with van der Waals surface area (Å²) in [7, 11) is 3.04. The zero-order chi connectivity index (χ0) is 17.7. The van der Waals surface area contributed by atoms with E-state index in [0.717, 1.165) is 5.56 Å². The van der Waals surface area contributed by atoms with Crippen molar-refractivity contribution in [2.24, 2.45) is 0 Å². The van der Waals surface area contributed by atoms with Crippen LogP contribution in [-0.4, -0.2) is 25.4 Å². The number of ether oxygens (including phenoxy) is 3. The molecule has 0 amide bonds. The van der Waals surface area contributed by atoms with Crippen LogP contribution in [-0.2, 0) is 6.61 Å². The molecule has 0 atom stereocenters. The maximum absolute atomic E-state index is 11.1. The standard InChI is InChI=1S/C16H14BrNO6/c1-22-15-6-11(12(17)7-16(15)23-2)9-24-14-4-3-10(8-19)5-13(14)18(20)21/h3-8H,9H2,1-2H3. The molecule has 0 saturated heterocycles. The summed E-state index contributed by atoms with van der Waals surface area (Å²) in [5.74, 6) is 1.15. The second kappa shape index (κ2) is 7.78. The van der Waals surface area contributed by atoms with Crippen LogP contribution in [0.2, 0.25) is 0 Å². The zero-order valence-electron chi connectivity index (χ0n) is 12.9. The summed E-state index contributed by atoms with van der Waals surface area (Å²) in [6.07, 6.45) is 0.543. The molecule has 24 heavy (non-hydrogen) atoms. The van der Waals surface area contributed by atoms with Gasteiger partial charge in [0.1, 0.15) is 12.9 Å². The highest BCUT2D eigenvalue weighted by atomic mass is 79.9. The summed E-state index contributed by atoms with van der Waals surface area (Å²) in [5, 5.41) is 11.1. The van der Waals surface area contributed by atoms with Crippen LogP contribution in [0.15, 0.2) is 34.8 Å². The van der Waals surface area contributed by atoms with Gasteiger partial charge in [0, 0.05) is 21.7 Å². The van der Waals surface area contributed by atoms with Gasteiger partial charge < -0.3 is 14.2 Å². The molecule has 2 rings (SSSR count). The second-order valence-corrected chi connectivity index (χ2v) is 5.54. The summed E-state index contributed by atoms with van der Waals surface area (Å²) in [5.41, 5.74) is 0.666. The molecule has 0 aliphatic heterocycles. The number of nitrogens with zero attached hydrogens (tertiary/aromatic N) is 1. The predicted molar refractivity (Wildman–Crippen MR) is 90.1 cm³/mol. The molecule has 2 aromatic carbocycles. The smallest absolute Gasteiger partial charge is 0.311 e. The van der Waals surface area contributed by atoms with Gasteiger partial charge in [-0.15, -0.1) is 0 Å². The summed E-state index contributed by atoms with van der Waals surface area (Å²) in [4.78, 5) is 21.3. The summed E-state index contributed by atoms with van der Waals surface area (Å²) >= 11 is 3.40. The third-order valence-electron chi connectivity index (χ3n) is 3.25. The fraction of sp³-hybridized carbons (Fsp3) is 0.188. The molecule has 0 unspecified atom stereocenters. The molecule has 0 aromatic heterocycles. The topological polar surface area (TPSA) is 87.9 Å². The molecule has 2 aromatic rings. The van der Waals surface area contributed by atoms with E-state index < -0.39 is 4.92 Å². The van der Waals surface area contributed by atoms with Crippen molar-refractivity contribution in [3.8, 4) is 17.2 Å². The minimum absolute atomic E-state index is 0.0716. The monoisotopic (exact) mass is 395 g/mol. The van der Waals surface area contributed by atoms with E-state index in [4.69, 9.17) is 14.2 Å². The first-order chi connectivity index (χ1) is 11.5. The Morgan fingerprint density at radius 1 is 1.12 bits per heavy atom. The van der Waals surface area contributed by atoms with Gasteiger partial charge in [-0.3, -0.25) is 14.9 Å². The quantitative estimate of drug-likeness (QED) is 0.402. The van der Waals surface area contributed by atoms with E-state index in [9.17, 15) is 14.9 Å². The summed E-state index contributed by atoms with van der Waals surface area (Å²) in [6.45, 7) is 0.0716. The molecular weight excluding hydrogens is 382 g/mol. The number of methoxy groups -OCH3 is 2. The van der Waals surface area contributed by atoms with Gasteiger partial charge in [-0.1, -0.05) is 15.9 Å². The number of rotatable bonds is 7. The number of aldehydes is 1. The molecule has 8 heteroatoms. The van der Waals surface area contributed by atoms with E-state index in [0.29, 0.717) is 22.3 Å². The van der Waals surface area contributed by atoms with Crippen molar-refractivity contribution in [3.05, 3.63) is 56.0 Å². The number of carbonyl (C=O) groups excluding carboxylic acids is 1. The van der Waals surface area contributed by atoms with Crippen molar-refractivity contribution in [3.63, 3.8) is 0 Å². The normalized spacial score (nSPS) is 10.1. The third kappa shape index (κ3) is 3.83. The number of benzene rings is 2. The number of halogens is 1. The first kappa shape index (κ1) is 17.7. The van der Waals surface area contributed by atoms with Crippen molar-refractivity contribution in [1.82, 2.24) is 0 Å². The first-order valence-corrected chi connectivity index (χ1v) is 7.56. The molecular formula is C16H14BrNO6. The molecule has 0 fully saturated rings. The third-order valence-corrected chi connectivity index (χ3v) is 3.99. The molecule has 126 valence electrons. The Hall–Kier alpha value is -2.61. The van der Waals surface area contributed by atoms with Gasteiger partial charge in [0.05, 0.1) is 19.1 Å². The number of hydrogen-bond donors (Lipinski definition) is 0. The average Bonchev–Trinajstić information content (AvgIpc) is 2.60. The lowest BCUT2D eigenvalue weighted by molar-refractivity contribution is -0.386. The van der Waals surface area contributed by atoms with Gasteiger partial charge in [0.25, 0.3) is 0 Å². The molecule has 7 nitrogen and oxygen atoms in total. The SMILES string of the molecule is COc1cc(Br)c(COc2ccc(C=O)cc2[N+](=O)[O-])cc1OC. The fourth-order valence-electron chi connectivity index (χ4n) is 2.03. The van der Waals surface area contributed by atoms with Gasteiger partial charge in [0.15, 0.2) is 17.2 Å². The maximum atomic E-state index is 11.1. The highest BCUT2D eigenvalue weighted by molar-refractivity contribution is 9.10. The van der Waals surface area contributed by atoms with Crippen LogP contribution in [0, 0.1) is 10.1 Å². The van der Waals surface area contributed by atoms with Crippen LogP contribution in [0.3, 0.4) is 0 Å². The number of carbonyl (C=O) groups is 1. The average molecular weight is 396 g/mol. The lowest BCUT2D eigenvalue weighted by Gasteiger charge is -2.13. The summed E-state index contributed by atoms with van der Waals surface area (Å²) < 4.78 is 16.7. The predicted octanol–water partition coefficient (Wildman–Crippen LogP) is 3.77. The lowest BCUT2D eigenvalue weighted by atomic mass is 10.2. The van der Waals surface area contributed by atoms with Crippen molar-refractivity contribution in [2.75, 3.05) is 14.2 Å². The number of nitro benzene ring substituents is 1. The highest BCUT2D eigenvalue weighted by Gasteiger charge is 2.17. The zero-order valence-corrected chi connectivity index (χ0v) is 14.5. The molecule has 0 spiro atoms. The van der Waals surface area contributed by atoms with E-state index in [1.54, 1.807) is 12.1 Å². The van der Waals surface area contributed by atoms with Crippen LogP contribution in [0.5, 0.6) is 17.2 Å². The van der Waals surface area contributed by atoms with E-state index in [2.05, 4.69) is 15.9 Å². The molecule has 0 aliphatic carbocycles.